The molecule has 2 N–H and O–H groups in total. The van der Waals surface area contributed by atoms with E-state index in [1.807, 2.05) is 14.1 Å². The van der Waals surface area contributed by atoms with Crippen LogP contribution in [0, 0.1) is 0 Å². The molecule has 2 aliphatic heterocycles. The van der Waals surface area contributed by atoms with Gasteiger partial charge in [-0.2, -0.15) is 0 Å². The Morgan fingerprint density at radius 2 is 2.03 bits per heavy atom. The number of hydrogen-bond acceptors (Lipinski definition) is 7. The first kappa shape index (κ1) is 25.9. The number of likely N-dealkylation sites (N-methyl/N-ethyl adjacent to an activating group) is 1. The zero-order chi connectivity index (χ0) is 24.7. The summed E-state index contributed by atoms with van der Waals surface area (Å²) in [6.07, 6.45) is 2.05. The quantitative estimate of drug-likeness (QED) is 0.514. The Bertz CT molecular complexity index is 877. The summed E-state index contributed by atoms with van der Waals surface area (Å²) in [5.74, 6) is -0.0899. The van der Waals surface area contributed by atoms with Crippen molar-refractivity contribution in [3.63, 3.8) is 0 Å². The number of hydrogen-bond donors (Lipinski definition) is 2. The Labute approximate surface area is 200 Å². The van der Waals surface area contributed by atoms with E-state index < -0.39 is 0 Å². The van der Waals surface area contributed by atoms with Crippen molar-refractivity contribution in [3.05, 3.63) is 23.8 Å². The van der Waals surface area contributed by atoms with Gasteiger partial charge < -0.3 is 34.6 Å². The van der Waals surface area contributed by atoms with Gasteiger partial charge in [0, 0.05) is 26.4 Å². The SMILES string of the molecule is COCC(=O)Nc1ccc2c(c1)C(=O)N(C)[C@@H]1CC[C@H](CC(=O)NCCCN(C)C)O[C@H]1CO2. The molecule has 1 aromatic rings. The predicted molar refractivity (Wildman–Crippen MR) is 127 cm³/mol. The van der Waals surface area contributed by atoms with Crippen LogP contribution < -0.4 is 15.4 Å². The van der Waals surface area contributed by atoms with E-state index in [0.717, 1.165) is 13.0 Å². The van der Waals surface area contributed by atoms with E-state index in [4.69, 9.17) is 14.2 Å². The maximum absolute atomic E-state index is 13.2. The normalized spacial score (nSPS) is 22.2. The van der Waals surface area contributed by atoms with E-state index in [1.54, 1.807) is 30.1 Å². The Hall–Kier alpha value is -2.69. The molecule has 10 heteroatoms. The summed E-state index contributed by atoms with van der Waals surface area (Å²) in [6.45, 7) is 1.76. The molecule has 0 aliphatic carbocycles. The summed E-state index contributed by atoms with van der Waals surface area (Å²) in [5, 5.41) is 5.67. The Morgan fingerprint density at radius 3 is 2.76 bits per heavy atom. The molecular formula is C24H36N4O6. The zero-order valence-electron chi connectivity index (χ0n) is 20.5. The lowest BCUT2D eigenvalue weighted by molar-refractivity contribution is -0.134. The van der Waals surface area contributed by atoms with Gasteiger partial charge >= 0.3 is 0 Å². The van der Waals surface area contributed by atoms with Crippen molar-refractivity contribution >= 4 is 23.4 Å². The van der Waals surface area contributed by atoms with E-state index in [-0.39, 0.29) is 49.2 Å². The summed E-state index contributed by atoms with van der Waals surface area (Å²) >= 11 is 0. The standard InChI is InChI=1S/C24H36N4O6/c1-27(2)11-5-10-25-22(29)13-17-7-8-19-21(34-17)14-33-20-9-6-16(26-23(30)15-32-4)12-18(20)24(31)28(19)3/h6,9,12,17,19,21H,5,7-8,10-11,13-15H2,1-4H3,(H,25,29)(H,26,30)/t17-,19-,21+/m1/s1. The molecule has 0 unspecified atom stereocenters. The molecule has 0 spiro atoms. The number of carbonyl (C=O) groups excluding carboxylic acids is 3. The van der Waals surface area contributed by atoms with Gasteiger partial charge in [-0.1, -0.05) is 0 Å². The average Bonchev–Trinajstić information content (AvgIpc) is 2.79. The fraction of sp³-hybridized carbons (Fsp3) is 0.625. The van der Waals surface area contributed by atoms with E-state index in [2.05, 4.69) is 15.5 Å². The first-order valence-corrected chi connectivity index (χ1v) is 11.7. The van der Waals surface area contributed by atoms with Crippen LogP contribution in [0.1, 0.15) is 36.0 Å². The van der Waals surface area contributed by atoms with Crippen molar-refractivity contribution in [1.29, 1.82) is 0 Å². The van der Waals surface area contributed by atoms with E-state index in [1.165, 1.54) is 7.11 Å². The second-order valence-electron chi connectivity index (χ2n) is 9.07. The van der Waals surface area contributed by atoms with Crippen LogP contribution in [0.5, 0.6) is 5.75 Å². The number of carbonyl (C=O) groups is 3. The summed E-state index contributed by atoms with van der Waals surface area (Å²) in [4.78, 5) is 41.2. The van der Waals surface area contributed by atoms with Crippen molar-refractivity contribution in [2.24, 2.45) is 0 Å². The van der Waals surface area contributed by atoms with Gasteiger partial charge in [0.25, 0.3) is 5.91 Å². The second-order valence-corrected chi connectivity index (χ2v) is 9.07. The first-order valence-electron chi connectivity index (χ1n) is 11.7. The predicted octanol–water partition coefficient (Wildman–Crippen LogP) is 1.11. The minimum atomic E-state index is -0.330. The van der Waals surface area contributed by atoms with Crippen LogP contribution in [-0.4, -0.2) is 100 Å². The molecule has 0 aromatic heterocycles. The lowest BCUT2D eigenvalue weighted by Gasteiger charge is -2.42. The van der Waals surface area contributed by atoms with Crippen LogP contribution in [-0.2, 0) is 19.1 Å². The molecule has 3 atom stereocenters. The largest absolute Gasteiger partial charge is 0.490 e. The van der Waals surface area contributed by atoms with Gasteiger partial charge in [0.1, 0.15) is 25.1 Å². The third-order valence-electron chi connectivity index (χ3n) is 6.09. The average molecular weight is 477 g/mol. The summed E-state index contributed by atoms with van der Waals surface area (Å²) in [6, 6.07) is 4.82. The lowest BCUT2D eigenvalue weighted by atomic mass is 9.94. The van der Waals surface area contributed by atoms with Crippen LogP contribution in [0.4, 0.5) is 5.69 Å². The monoisotopic (exact) mass is 476 g/mol. The molecule has 2 heterocycles. The highest BCUT2D eigenvalue weighted by atomic mass is 16.5. The summed E-state index contributed by atoms with van der Waals surface area (Å²) in [5.41, 5.74) is 0.884. The minimum Gasteiger partial charge on any atom is -0.490 e. The van der Waals surface area contributed by atoms with Crippen molar-refractivity contribution in [1.82, 2.24) is 15.1 Å². The van der Waals surface area contributed by atoms with Gasteiger partial charge in [-0.3, -0.25) is 14.4 Å². The highest BCUT2D eigenvalue weighted by Gasteiger charge is 2.39. The number of amides is 3. The van der Waals surface area contributed by atoms with Crippen molar-refractivity contribution in [2.75, 3.05) is 59.9 Å². The number of rotatable bonds is 9. The molecule has 1 fully saturated rings. The third-order valence-corrected chi connectivity index (χ3v) is 6.09. The van der Waals surface area contributed by atoms with Crippen LogP contribution in [0.25, 0.3) is 0 Å². The maximum Gasteiger partial charge on any atom is 0.257 e. The number of nitrogens with one attached hydrogen (secondary N) is 2. The molecule has 2 aliphatic rings. The smallest absolute Gasteiger partial charge is 0.257 e. The number of anilines is 1. The van der Waals surface area contributed by atoms with Gasteiger partial charge in [-0.05, 0) is 58.1 Å². The van der Waals surface area contributed by atoms with Crippen molar-refractivity contribution < 1.29 is 28.6 Å². The molecule has 0 bridgehead atoms. The fourth-order valence-electron chi connectivity index (χ4n) is 4.34. The zero-order valence-corrected chi connectivity index (χ0v) is 20.5. The molecule has 34 heavy (non-hydrogen) atoms. The molecule has 188 valence electrons. The van der Waals surface area contributed by atoms with Crippen molar-refractivity contribution in [3.8, 4) is 5.75 Å². The van der Waals surface area contributed by atoms with Gasteiger partial charge in [0.15, 0.2) is 0 Å². The molecular weight excluding hydrogens is 440 g/mol. The van der Waals surface area contributed by atoms with Crippen molar-refractivity contribution in [2.45, 2.75) is 43.9 Å². The summed E-state index contributed by atoms with van der Waals surface area (Å²) < 4.78 is 17.0. The van der Waals surface area contributed by atoms with Gasteiger partial charge in [-0.25, -0.2) is 0 Å². The maximum atomic E-state index is 13.2. The molecule has 0 radical (unpaired) electrons. The second kappa shape index (κ2) is 12.1. The number of ether oxygens (including phenoxy) is 3. The first-order chi connectivity index (χ1) is 16.3. The summed E-state index contributed by atoms with van der Waals surface area (Å²) in [7, 11) is 7.21. The lowest BCUT2D eigenvalue weighted by Crippen LogP contribution is -2.54. The van der Waals surface area contributed by atoms with E-state index in [0.29, 0.717) is 42.8 Å². The molecule has 3 amide bonds. The Kier molecular flexibility index (Phi) is 9.26. The Balaban J connectivity index is 1.61. The van der Waals surface area contributed by atoms with Crippen LogP contribution in [0.2, 0.25) is 0 Å². The van der Waals surface area contributed by atoms with Crippen LogP contribution >= 0.6 is 0 Å². The minimum absolute atomic E-state index is 0.0215. The fourth-order valence-corrected chi connectivity index (χ4v) is 4.34. The highest BCUT2D eigenvalue weighted by molar-refractivity contribution is 6.00. The number of fused-ring (bicyclic) bond motifs is 2. The number of benzene rings is 1. The Morgan fingerprint density at radius 1 is 1.24 bits per heavy atom. The van der Waals surface area contributed by atoms with E-state index >= 15 is 0 Å². The topological polar surface area (TPSA) is 109 Å². The van der Waals surface area contributed by atoms with Gasteiger partial charge in [0.05, 0.1) is 24.1 Å². The van der Waals surface area contributed by atoms with Crippen LogP contribution in [0.15, 0.2) is 18.2 Å². The molecule has 1 aromatic carbocycles. The molecule has 0 saturated carbocycles. The molecule has 10 nitrogen and oxygen atoms in total. The number of methoxy groups -OCH3 is 1. The molecule has 1 saturated heterocycles. The number of nitrogens with zero attached hydrogens (tertiary/aromatic N) is 2. The van der Waals surface area contributed by atoms with Crippen LogP contribution in [0.3, 0.4) is 0 Å². The van der Waals surface area contributed by atoms with Gasteiger partial charge in [0.2, 0.25) is 11.8 Å². The molecule has 3 rings (SSSR count). The van der Waals surface area contributed by atoms with E-state index in [9.17, 15) is 14.4 Å². The highest BCUT2D eigenvalue weighted by Crippen LogP contribution is 2.32. The van der Waals surface area contributed by atoms with Gasteiger partial charge in [-0.15, -0.1) is 0 Å². The third kappa shape index (κ3) is 6.91.